The summed E-state index contributed by atoms with van der Waals surface area (Å²) in [5, 5.41) is 0. The van der Waals surface area contributed by atoms with E-state index >= 15 is 0 Å². The summed E-state index contributed by atoms with van der Waals surface area (Å²) in [5.74, 6) is -0.106. The molecular weight excluding hydrogens is 238 g/mol. The summed E-state index contributed by atoms with van der Waals surface area (Å²) in [4.78, 5) is 11.1. The molecule has 0 aromatic heterocycles. The van der Waals surface area contributed by atoms with Crippen LogP contribution in [-0.4, -0.2) is 27.1 Å². The number of carbonyl (C=O) groups is 1. The molecule has 0 amide bonds. The first-order valence-electron chi connectivity index (χ1n) is 5.78. The number of cyclic esters (lactones) is 1. The first kappa shape index (κ1) is 14.4. The van der Waals surface area contributed by atoms with Gasteiger partial charge in [0.25, 0.3) is 0 Å². The lowest BCUT2D eigenvalue weighted by Gasteiger charge is -2.29. The molecule has 0 aromatic carbocycles. The van der Waals surface area contributed by atoms with Crippen LogP contribution >= 0.6 is 0 Å². The van der Waals surface area contributed by atoms with Crippen molar-refractivity contribution in [3.8, 4) is 0 Å². The Morgan fingerprint density at radius 2 is 2.00 bits per heavy atom. The number of hydrogen-bond donors (Lipinski definition) is 1. The molecule has 4 nitrogen and oxygen atoms in total. The van der Waals surface area contributed by atoms with Crippen LogP contribution in [0.2, 0.25) is 0 Å². The zero-order valence-corrected chi connectivity index (χ0v) is 11.8. The molecule has 1 unspecified atom stereocenters. The highest BCUT2D eigenvalue weighted by Crippen LogP contribution is 2.19. The van der Waals surface area contributed by atoms with E-state index in [1.165, 1.54) is 6.08 Å². The third-order valence-electron chi connectivity index (χ3n) is 2.55. The van der Waals surface area contributed by atoms with Gasteiger partial charge in [0.05, 0.1) is 21.8 Å². The molecule has 1 aliphatic rings. The molecule has 1 aliphatic heterocycles. The number of hydrogen-bond acceptors (Lipinski definition) is 3. The average molecular weight is 259 g/mol. The summed E-state index contributed by atoms with van der Waals surface area (Å²) in [7, 11) is -1.17. The van der Waals surface area contributed by atoms with Crippen molar-refractivity contribution in [3.05, 3.63) is 12.2 Å². The third kappa shape index (κ3) is 3.92. The number of ether oxygens (including phenoxy) is 1. The summed E-state index contributed by atoms with van der Waals surface area (Å²) in [6, 6.07) is -0.127. The Labute approximate surface area is 105 Å². The molecule has 0 aromatic rings. The van der Waals surface area contributed by atoms with E-state index in [-0.39, 0.29) is 28.8 Å². The molecule has 0 fully saturated rings. The molecule has 5 heteroatoms. The van der Waals surface area contributed by atoms with Gasteiger partial charge < -0.3 is 4.74 Å². The average Bonchev–Trinajstić information content (AvgIpc) is 2.58. The standard InChI is InChI=1S/C12H21NO3S/c1-8(2)11(9-6-7-10(14)16-9)13-17(15)12(3,4)5/h6-9,11,13H,1-5H3/t9-,11+,17?/m0/s1. The van der Waals surface area contributed by atoms with Gasteiger partial charge in [-0.3, -0.25) is 0 Å². The highest BCUT2D eigenvalue weighted by Gasteiger charge is 2.32. The molecule has 17 heavy (non-hydrogen) atoms. The second kappa shape index (κ2) is 5.31. The van der Waals surface area contributed by atoms with Crippen LogP contribution in [-0.2, 0) is 20.5 Å². The van der Waals surface area contributed by atoms with Crippen molar-refractivity contribution < 1.29 is 13.7 Å². The SMILES string of the molecule is CC(C)[C@@H](NS(=O)C(C)(C)C)[C@@H]1C=CC(=O)O1. The van der Waals surface area contributed by atoms with Crippen molar-refractivity contribution in [3.63, 3.8) is 0 Å². The van der Waals surface area contributed by atoms with E-state index < -0.39 is 11.0 Å². The molecule has 0 saturated heterocycles. The first-order valence-corrected chi connectivity index (χ1v) is 6.93. The molecule has 0 saturated carbocycles. The lowest BCUT2D eigenvalue weighted by atomic mass is 10.00. The zero-order chi connectivity index (χ0) is 13.2. The van der Waals surface area contributed by atoms with Gasteiger partial charge in [-0.05, 0) is 32.8 Å². The van der Waals surface area contributed by atoms with Gasteiger partial charge in [-0.1, -0.05) is 13.8 Å². The number of esters is 1. The predicted octanol–water partition coefficient (Wildman–Crippen LogP) is 1.54. The summed E-state index contributed by atoms with van der Waals surface area (Å²) < 4.78 is 19.9. The van der Waals surface area contributed by atoms with Crippen molar-refractivity contribution in [2.45, 2.75) is 51.5 Å². The molecule has 98 valence electrons. The fraction of sp³-hybridized carbons (Fsp3) is 0.750. The van der Waals surface area contributed by atoms with Crippen LogP contribution in [0.15, 0.2) is 12.2 Å². The van der Waals surface area contributed by atoms with Gasteiger partial charge >= 0.3 is 5.97 Å². The molecule has 0 aliphatic carbocycles. The van der Waals surface area contributed by atoms with Gasteiger partial charge in [0, 0.05) is 6.08 Å². The summed E-state index contributed by atoms with van der Waals surface area (Å²) in [5.41, 5.74) is 0. The van der Waals surface area contributed by atoms with Gasteiger partial charge in [-0.15, -0.1) is 0 Å². The van der Waals surface area contributed by atoms with E-state index in [1.54, 1.807) is 6.08 Å². The highest BCUT2D eigenvalue weighted by atomic mass is 32.2. The zero-order valence-electron chi connectivity index (χ0n) is 11.0. The van der Waals surface area contributed by atoms with Crippen LogP contribution in [0.4, 0.5) is 0 Å². The molecule has 0 spiro atoms. The van der Waals surface area contributed by atoms with E-state index in [0.29, 0.717) is 0 Å². The van der Waals surface area contributed by atoms with Crippen LogP contribution < -0.4 is 4.72 Å². The van der Waals surface area contributed by atoms with Gasteiger partial charge in [-0.25, -0.2) is 13.7 Å². The van der Waals surface area contributed by atoms with Gasteiger partial charge in [-0.2, -0.15) is 0 Å². The van der Waals surface area contributed by atoms with Crippen LogP contribution in [0.25, 0.3) is 0 Å². The van der Waals surface area contributed by atoms with Gasteiger partial charge in [0.15, 0.2) is 0 Å². The predicted molar refractivity (Wildman–Crippen MR) is 68.7 cm³/mol. The monoisotopic (exact) mass is 259 g/mol. The second-order valence-corrected chi connectivity index (χ2v) is 7.53. The maximum atomic E-state index is 12.1. The lowest BCUT2D eigenvalue weighted by Crippen LogP contribution is -2.48. The van der Waals surface area contributed by atoms with Gasteiger partial charge in [0.2, 0.25) is 0 Å². The van der Waals surface area contributed by atoms with E-state index in [1.807, 2.05) is 34.6 Å². The van der Waals surface area contributed by atoms with Crippen molar-refractivity contribution in [1.82, 2.24) is 4.72 Å². The fourth-order valence-corrected chi connectivity index (χ4v) is 2.47. The topological polar surface area (TPSA) is 55.4 Å². The highest BCUT2D eigenvalue weighted by molar-refractivity contribution is 7.84. The molecule has 0 radical (unpaired) electrons. The molecule has 1 N–H and O–H groups in total. The smallest absolute Gasteiger partial charge is 0.331 e. The number of rotatable bonds is 4. The minimum absolute atomic E-state index is 0.127. The van der Waals surface area contributed by atoms with Crippen molar-refractivity contribution in [1.29, 1.82) is 0 Å². The van der Waals surface area contributed by atoms with Crippen LogP contribution in [0.5, 0.6) is 0 Å². The van der Waals surface area contributed by atoms with Crippen LogP contribution in [0.1, 0.15) is 34.6 Å². The van der Waals surface area contributed by atoms with E-state index in [2.05, 4.69) is 4.72 Å². The van der Waals surface area contributed by atoms with Crippen LogP contribution in [0.3, 0.4) is 0 Å². The van der Waals surface area contributed by atoms with E-state index in [9.17, 15) is 9.00 Å². The van der Waals surface area contributed by atoms with Crippen LogP contribution in [0, 0.1) is 5.92 Å². The molecule has 1 rings (SSSR count). The minimum atomic E-state index is -1.17. The Hall–Kier alpha value is -0.680. The summed E-state index contributed by atoms with van der Waals surface area (Å²) in [6.45, 7) is 9.74. The van der Waals surface area contributed by atoms with E-state index in [4.69, 9.17) is 4.74 Å². The minimum Gasteiger partial charge on any atom is -0.453 e. The second-order valence-electron chi connectivity index (χ2n) is 5.53. The van der Waals surface area contributed by atoms with Crippen molar-refractivity contribution in [2.24, 2.45) is 5.92 Å². The molecule has 3 atom stereocenters. The van der Waals surface area contributed by atoms with Crippen molar-refractivity contribution >= 4 is 17.0 Å². The Morgan fingerprint density at radius 1 is 1.41 bits per heavy atom. The lowest BCUT2D eigenvalue weighted by molar-refractivity contribution is -0.139. The summed E-state index contributed by atoms with van der Waals surface area (Å²) in [6.07, 6.45) is 2.82. The maximum Gasteiger partial charge on any atom is 0.331 e. The Balaban J connectivity index is 2.72. The molecule has 0 bridgehead atoms. The third-order valence-corrected chi connectivity index (χ3v) is 4.14. The first-order chi connectivity index (χ1) is 7.71. The Bertz CT molecular complexity index is 344. The summed E-state index contributed by atoms with van der Waals surface area (Å²) >= 11 is 0. The van der Waals surface area contributed by atoms with Gasteiger partial charge in [0.1, 0.15) is 6.10 Å². The Kier molecular flexibility index (Phi) is 4.49. The molecule has 1 heterocycles. The number of nitrogens with one attached hydrogen (secondary N) is 1. The fourth-order valence-electron chi connectivity index (χ4n) is 1.46. The number of carbonyl (C=O) groups excluding carboxylic acids is 1. The normalized spacial score (nSPS) is 23.9. The van der Waals surface area contributed by atoms with E-state index in [0.717, 1.165) is 0 Å². The largest absolute Gasteiger partial charge is 0.453 e. The Morgan fingerprint density at radius 3 is 2.35 bits per heavy atom. The quantitative estimate of drug-likeness (QED) is 0.779. The maximum absolute atomic E-state index is 12.1. The molecular formula is C12H21NO3S. The van der Waals surface area contributed by atoms with Crippen molar-refractivity contribution in [2.75, 3.05) is 0 Å².